The van der Waals surface area contributed by atoms with Gasteiger partial charge in [-0.2, -0.15) is 0 Å². The molecular weight excluding hydrogens is 178 g/mol. The summed E-state index contributed by atoms with van der Waals surface area (Å²) < 4.78 is 0. The Balaban J connectivity index is 3.63. The maximum absolute atomic E-state index is 10.7. The summed E-state index contributed by atoms with van der Waals surface area (Å²) in [4.78, 5) is 12.9. The number of carbonyl (C=O) groups is 1. The van der Waals surface area contributed by atoms with E-state index in [1.165, 1.54) is 6.42 Å². The monoisotopic (exact) mass is 201 g/mol. The molecule has 0 aromatic heterocycles. The summed E-state index contributed by atoms with van der Waals surface area (Å²) in [6, 6.07) is -0.505. The minimum absolute atomic E-state index is 0.415. The molecule has 0 fully saturated rings. The second-order valence-corrected chi connectivity index (χ2v) is 4.07. The van der Waals surface area contributed by atoms with Crippen molar-refractivity contribution in [2.24, 2.45) is 17.4 Å². The fraction of sp³-hybridized carbons (Fsp3) is 0.900. The van der Waals surface area contributed by atoms with Crippen LogP contribution in [0.5, 0.6) is 0 Å². The van der Waals surface area contributed by atoms with E-state index in [2.05, 4.69) is 18.7 Å². The maximum Gasteiger partial charge on any atom is 0.234 e. The molecule has 0 radical (unpaired) electrons. The lowest BCUT2D eigenvalue weighted by molar-refractivity contribution is -0.119. The number of carbonyl (C=O) groups excluding carboxylic acids is 1. The van der Waals surface area contributed by atoms with Gasteiger partial charge in [0.15, 0.2) is 0 Å². The van der Waals surface area contributed by atoms with Crippen molar-refractivity contribution in [3.8, 4) is 0 Å². The quantitative estimate of drug-likeness (QED) is 0.616. The number of rotatable bonds is 7. The van der Waals surface area contributed by atoms with Crippen molar-refractivity contribution in [1.29, 1.82) is 0 Å². The highest BCUT2D eigenvalue weighted by Gasteiger charge is 2.11. The van der Waals surface area contributed by atoms with E-state index in [9.17, 15) is 4.79 Å². The normalized spacial score (nSPS) is 15.5. The number of hydrogen-bond donors (Lipinski definition) is 2. The van der Waals surface area contributed by atoms with E-state index >= 15 is 0 Å². The number of primary amides is 1. The van der Waals surface area contributed by atoms with Crippen LogP contribution in [0.3, 0.4) is 0 Å². The van der Waals surface area contributed by atoms with Crippen molar-refractivity contribution < 1.29 is 4.79 Å². The summed E-state index contributed by atoms with van der Waals surface area (Å²) >= 11 is 0. The number of hydrogen-bond acceptors (Lipinski definition) is 3. The van der Waals surface area contributed by atoms with Gasteiger partial charge in [0, 0.05) is 6.54 Å². The first-order chi connectivity index (χ1) is 6.47. The molecule has 2 unspecified atom stereocenters. The molecule has 0 spiro atoms. The molecule has 0 heterocycles. The third kappa shape index (κ3) is 5.94. The van der Waals surface area contributed by atoms with Crippen LogP contribution < -0.4 is 11.5 Å². The molecule has 0 aliphatic rings. The second-order valence-electron chi connectivity index (χ2n) is 4.07. The number of amides is 1. The van der Waals surface area contributed by atoms with Gasteiger partial charge in [-0.05, 0) is 25.9 Å². The second kappa shape index (κ2) is 6.79. The van der Waals surface area contributed by atoms with Crippen LogP contribution in [-0.4, -0.2) is 37.0 Å². The Morgan fingerprint density at radius 3 is 2.50 bits per heavy atom. The van der Waals surface area contributed by atoms with E-state index in [1.807, 2.05) is 7.05 Å². The highest BCUT2D eigenvalue weighted by Crippen LogP contribution is 2.03. The minimum Gasteiger partial charge on any atom is -0.368 e. The van der Waals surface area contributed by atoms with Crippen molar-refractivity contribution in [2.45, 2.75) is 32.7 Å². The number of nitrogens with two attached hydrogens (primary N) is 2. The lowest BCUT2D eigenvalue weighted by Gasteiger charge is -2.21. The molecule has 4 nitrogen and oxygen atoms in total. The topological polar surface area (TPSA) is 72.3 Å². The average Bonchev–Trinajstić information content (AvgIpc) is 2.13. The van der Waals surface area contributed by atoms with E-state index in [4.69, 9.17) is 11.5 Å². The first-order valence-corrected chi connectivity index (χ1v) is 5.20. The molecule has 0 bridgehead atoms. The Morgan fingerprint density at radius 1 is 1.50 bits per heavy atom. The third-order valence-corrected chi connectivity index (χ3v) is 2.51. The first kappa shape index (κ1) is 13.4. The summed E-state index contributed by atoms with van der Waals surface area (Å²) in [5.41, 5.74) is 10.6. The van der Waals surface area contributed by atoms with Crippen LogP contribution in [0.25, 0.3) is 0 Å². The summed E-state index contributed by atoms with van der Waals surface area (Å²) in [6.45, 7) is 6.26. The lowest BCUT2D eigenvalue weighted by atomic mass is 10.1. The van der Waals surface area contributed by atoms with Crippen LogP contribution in [0.4, 0.5) is 0 Å². The van der Waals surface area contributed by atoms with Gasteiger partial charge in [-0.3, -0.25) is 4.79 Å². The summed E-state index contributed by atoms with van der Waals surface area (Å²) in [6.07, 6.45) is 1.81. The Labute approximate surface area is 86.6 Å². The van der Waals surface area contributed by atoms with Crippen LogP contribution in [0.2, 0.25) is 0 Å². The van der Waals surface area contributed by atoms with Crippen molar-refractivity contribution in [3.05, 3.63) is 0 Å². The molecule has 0 aliphatic carbocycles. The van der Waals surface area contributed by atoms with Crippen LogP contribution in [0.1, 0.15) is 26.7 Å². The molecule has 2 atom stereocenters. The van der Waals surface area contributed by atoms with Crippen molar-refractivity contribution in [1.82, 2.24) is 4.90 Å². The molecule has 4 N–H and O–H groups in total. The van der Waals surface area contributed by atoms with Gasteiger partial charge in [-0.15, -0.1) is 0 Å². The van der Waals surface area contributed by atoms with E-state index in [0.29, 0.717) is 12.3 Å². The Kier molecular flexibility index (Phi) is 6.49. The van der Waals surface area contributed by atoms with Gasteiger partial charge in [0.05, 0.1) is 6.04 Å². The Hall–Kier alpha value is -0.610. The molecule has 0 saturated carbocycles. The van der Waals surface area contributed by atoms with Crippen LogP contribution in [0.15, 0.2) is 0 Å². The van der Waals surface area contributed by atoms with Gasteiger partial charge in [0.25, 0.3) is 0 Å². The zero-order valence-corrected chi connectivity index (χ0v) is 9.49. The van der Waals surface area contributed by atoms with E-state index in [-0.39, 0.29) is 0 Å². The fourth-order valence-electron chi connectivity index (χ4n) is 1.25. The maximum atomic E-state index is 10.7. The van der Waals surface area contributed by atoms with Gasteiger partial charge < -0.3 is 16.4 Å². The zero-order chi connectivity index (χ0) is 11.1. The molecule has 0 aliphatic heterocycles. The van der Waals surface area contributed by atoms with Crippen molar-refractivity contribution >= 4 is 5.91 Å². The van der Waals surface area contributed by atoms with Gasteiger partial charge in [-0.1, -0.05) is 20.3 Å². The van der Waals surface area contributed by atoms with Gasteiger partial charge in [0.2, 0.25) is 5.91 Å². The molecule has 14 heavy (non-hydrogen) atoms. The summed E-state index contributed by atoms with van der Waals surface area (Å²) in [5, 5.41) is 0. The molecule has 84 valence electrons. The molecule has 0 aromatic carbocycles. The SMILES string of the molecule is CCC(C)CN(C)CCC(N)C(N)=O. The predicted molar refractivity (Wildman–Crippen MR) is 58.7 cm³/mol. The Bertz CT molecular complexity index is 173. The predicted octanol–water partition coefficient (Wildman–Crippen LogP) is 0.167. The van der Waals surface area contributed by atoms with Gasteiger partial charge in [0.1, 0.15) is 0 Å². The van der Waals surface area contributed by atoms with Crippen molar-refractivity contribution in [2.75, 3.05) is 20.1 Å². The average molecular weight is 201 g/mol. The van der Waals surface area contributed by atoms with Gasteiger partial charge in [-0.25, -0.2) is 0 Å². The molecule has 1 amide bonds. The summed E-state index contributed by atoms with van der Waals surface area (Å²) in [5.74, 6) is 0.270. The largest absolute Gasteiger partial charge is 0.368 e. The van der Waals surface area contributed by atoms with Crippen LogP contribution >= 0.6 is 0 Å². The first-order valence-electron chi connectivity index (χ1n) is 5.20. The molecule has 0 aromatic rings. The smallest absolute Gasteiger partial charge is 0.234 e. The van der Waals surface area contributed by atoms with E-state index < -0.39 is 11.9 Å². The van der Waals surface area contributed by atoms with E-state index in [1.54, 1.807) is 0 Å². The lowest BCUT2D eigenvalue weighted by Crippen LogP contribution is -2.39. The minimum atomic E-state index is -0.505. The number of nitrogens with zero attached hydrogens (tertiary/aromatic N) is 1. The Morgan fingerprint density at radius 2 is 2.07 bits per heavy atom. The van der Waals surface area contributed by atoms with Crippen LogP contribution in [-0.2, 0) is 4.79 Å². The van der Waals surface area contributed by atoms with Gasteiger partial charge >= 0.3 is 0 Å². The standard InChI is InChI=1S/C10H23N3O/c1-4-8(2)7-13(3)6-5-9(11)10(12)14/h8-9H,4-7,11H2,1-3H3,(H2,12,14). The third-order valence-electron chi connectivity index (χ3n) is 2.51. The van der Waals surface area contributed by atoms with E-state index in [0.717, 1.165) is 13.1 Å². The van der Waals surface area contributed by atoms with Crippen molar-refractivity contribution in [3.63, 3.8) is 0 Å². The van der Waals surface area contributed by atoms with Crippen LogP contribution in [0, 0.1) is 5.92 Å². The highest BCUT2D eigenvalue weighted by molar-refractivity contribution is 5.79. The highest BCUT2D eigenvalue weighted by atomic mass is 16.1. The summed E-state index contributed by atoms with van der Waals surface area (Å²) in [7, 11) is 2.04. The molecule has 0 rings (SSSR count). The molecule has 0 saturated heterocycles. The molecule has 4 heteroatoms. The molecular formula is C10H23N3O. The fourth-order valence-corrected chi connectivity index (χ4v) is 1.25. The zero-order valence-electron chi connectivity index (χ0n) is 9.49.